The number of rotatable bonds is 6. The summed E-state index contributed by atoms with van der Waals surface area (Å²) < 4.78 is 0. The average Bonchev–Trinajstić information content (AvgIpc) is 3.30. The second-order valence-corrected chi connectivity index (χ2v) is 8.82. The van der Waals surface area contributed by atoms with Crippen molar-refractivity contribution in [2.45, 2.75) is 26.7 Å². The zero-order valence-electron chi connectivity index (χ0n) is 19.3. The van der Waals surface area contributed by atoms with Crippen LogP contribution in [0, 0.1) is 13.8 Å². The SMILES string of the molecule is Cc1cccc(C(=O)Cc2ccc(C)c(Nc3cc(-c4cccc(O)c4)nc4c3C=CC4)c2)c1. The van der Waals surface area contributed by atoms with Crippen LogP contribution < -0.4 is 5.32 Å². The standard InChI is InChI=1S/C30H26N2O2/c1-19-6-3-8-23(14-19)30(34)16-21-13-12-20(2)27(15-21)32-29-18-28(22-7-4-9-24(33)17-22)31-26-11-5-10-25(26)29/h3-10,12-15,17-18,33H,11,16H2,1-2H3,(H,31,32). The molecule has 0 spiro atoms. The van der Waals surface area contributed by atoms with Crippen LogP contribution >= 0.6 is 0 Å². The van der Waals surface area contributed by atoms with E-state index >= 15 is 0 Å². The number of hydrogen-bond acceptors (Lipinski definition) is 4. The molecule has 2 N–H and O–H groups in total. The van der Waals surface area contributed by atoms with Gasteiger partial charge in [-0.2, -0.15) is 0 Å². The van der Waals surface area contributed by atoms with Crippen molar-refractivity contribution in [2.24, 2.45) is 0 Å². The number of carbonyl (C=O) groups excluding carboxylic acids is 1. The highest BCUT2D eigenvalue weighted by Gasteiger charge is 2.16. The van der Waals surface area contributed by atoms with E-state index in [4.69, 9.17) is 4.98 Å². The Bertz CT molecular complexity index is 1440. The number of fused-ring (bicyclic) bond motifs is 1. The van der Waals surface area contributed by atoms with E-state index in [1.807, 2.05) is 55.5 Å². The van der Waals surface area contributed by atoms with Gasteiger partial charge in [-0.3, -0.25) is 9.78 Å². The van der Waals surface area contributed by atoms with E-state index in [1.54, 1.807) is 12.1 Å². The molecule has 1 aliphatic rings. The van der Waals surface area contributed by atoms with Crippen LogP contribution in [0.25, 0.3) is 17.3 Å². The molecule has 0 unspecified atom stereocenters. The third-order valence-corrected chi connectivity index (χ3v) is 6.15. The summed E-state index contributed by atoms with van der Waals surface area (Å²) in [5.74, 6) is 0.326. The van der Waals surface area contributed by atoms with Crippen LogP contribution in [0.1, 0.15) is 38.3 Å². The predicted octanol–water partition coefficient (Wildman–Crippen LogP) is 6.81. The molecule has 0 saturated carbocycles. The molecule has 0 fully saturated rings. The number of allylic oxidation sites excluding steroid dienone is 1. The number of phenols is 1. The molecule has 0 atom stereocenters. The number of benzene rings is 3. The number of nitrogens with zero attached hydrogens (tertiary/aromatic N) is 1. The van der Waals surface area contributed by atoms with Crippen molar-refractivity contribution in [3.8, 4) is 17.0 Å². The smallest absolute Gasteiger partial charge is 0.167 e. The molecule has 4 aromatic rings. The van der Waals surface area contributed by atoms with Crippen molar-refractivity contribution in [2.75, 3.05) is 5.32 Å². The highest BCUT2D eigenvalue weighted by atomic mass is 16.3. The van der Waals surface area contributed by atoms with E-state index in [1.165, 1.54) is 0 Å². The second-order valence-electron chi connectivity index (χ2n) is 8.82. The molecule has 0 radical (unpaired) electrons. The molecule has 1 aromatic heterocycles. The van der Waals surface area contributed by atoms with E-state index < -0.39 is 0 Å². The summed E-state index contributed by atoms with van der Waals surface area (Å²) in [6, 6.07) is 23.0. The Balaban J connectivity index is 1.46. The van der Waals surface area contributed by atoms with Crippen LogP contribution in [0.3, 0.4) is 0 Å². The molecule has 168 valence electrons. The van der Waals surface area contributed by atoms with Gasteiger partial charge in [0.15, 0.2) is 5.78 Å². The van der Waals surface area contributed by atoms with Crippen molar-refractivity contribution in [3.05, 3.63) is 112 Å². The zero-order chi connectivity index (χ0) is 23.7. The number of carbonyl (C=O) groups is 1. The first kappa shape index (κ1) is 21.7. The molecule has 0 amide bonds. The zero-order valence-corrected chi connectivity index (χ0v) is 19.3. The van der Waals surface area contributed by atoms with Crippen molar-refractivity contribution in [3.63, 3.8) is 0 Å². The Morgan fingerprint density at radius 1 is 0.971 bits per heavy atom. The third-order valence-electron chi connectivity index (χ3n) is 6.15. The molecular formula is C30H26N2O2. The maximum absolute atomic E-state index is 12.8. The first-order valence-corrected chi connectivity index (χ1v) is 11.4. The Kier molecular flexibility index (Phi) is 5.72. The van der Waals surface area contributed by atoms with Crippen LogP contribution in [0.15, 0.2) is 78.9 Å². The summed E-state index contributed by atoms with van der Waals surface area (Å²) >= 11 is 0. The number of nitrogens with one attached hydrogen (secondary N) is 1. The minimum atomic E-state index is 0.109. The molecule has 0 saturated heterocycles. The lowest BCUT2D eigenvalue weighted by molar-refractivity contribution is 0.0993. The van der Waals surface area contributed by atoms with Gasteiger partial charge >= 0.3 is 0 Å². The third kappa shape index (κ3) is 4.48. The first-order chi connectivity index (χ1) is 16.5. The number of ketones is 1. The summed E-state index contributed by atoms with van der Waals surface area (Å²) in [6.45, 7) is 4.05. The summed E-state index contributed by atoms with van der Waals surface area (Å²) in [5.41, 5.74) is 9.56. The molecule has 3 aromatic carbocycles. The number of hydrogen-bond donors (Lipinski definition) is 2. The van der Waals surface area contributed by atoms with Gasteiger partial charge in [0.25, 0.3) is 0 Å². The van der Waals surface area contributed by atoms with Gasteiger partial charge in [0.05, 0.1) is 11.4 Å². The summed E-state index contributed by atoms with van der Waals surface area (Å²) in [6.07, 6.45) is 5.33. The maximum Gasteiger partial charge on any atom is 0.167 e. The molecule has 34 heavy (non-hydrogen) atoms. The minimum Gasteiger partial charge on any atom is -0.508 e. The fourth-order valence-corrected chi connectivity index (χ4v) is 4.32. The molecule has 4 heteroatoms. The Morgan fingerprint density at radius 2 is 1.82 bits per heavy atom. The summed E-state index contributed by atoms with van der Waals surface area (Å²) in [4.78, 5) is 17.7. The van der Waals surface area contributed by atoms with E-state index in [0.29, 0.717) is 6.42 Å². The molecular weight excluding hydrogens is 420 g/mol. The Morgan fingerprint density at radius 3 is 2.65 bits per heavy atom. The van der Waals surface area contributed by atoms with E-state index in [0.717, 1.165) is 62.6 Å². The fourth-order valence-electron chi connectivity index (χ4n) is 4.32. The largest absolute Gasteiger partial charge is 0.508 e. The van der Waals surface area contributed by atoms with Crippen LogP contribution in [-0.4, -0.2) is 15.9 Å². The number of aryl methyl sites for hydroxylation is 2. The molecule has 5 rings (SSSR count). The monoisotopic (exact) mass is 446 g/mol. The van der Waals surface area contributed by atoms with Gasteiger partial charge in [0.2, 0.25) is 0 Å². The summed E-state index contributed by atoms with van der Waals surface area (Å²) in [7, 11) is 0. The number of anilines is 2. The van der Waals surface area contributed by atoms with Crippen molar-refractivity contribution in [1.82, 2.24) is 4.98 Å². The van der Waals surface area contributed by atoms with Crippen molar-refractivity contribution in [1.29, 1.82) is 0 Å². The highest BCUT2D eigenvalue weighted by Crippen LogP contribution is 2.34. The molecule has 1 aliphatic carbocycles. The molecule has 0 bridgehead atoms. The number of Topliss-reactive ketones (excluding diaryl/α,β-unsaturated/α-hetero) is 1. The number of aromatic hydroxyl groups is 1. The lowest BCUT2D eigenvalue weighted by Crippen LogP contribution is -2.05. The predicted molar refractivity (Wildman–Crippen MR) is 138 cm³/mol. The van der Waals surface area contributed by atoms with Gasteiger partial charge in [-0.1, -0.05) is 60.2 Å². The van der Waals surface area contributed by atoms with Crippen LogP contribution in [0.4, 0.5) is 11.4 Å². The van der Waals surface area contributed by atoms with Gasteiger partial charge in [-0.25, -0.2) is 0 Å². The second kappa shape index (κ2) is 8.99. The highest BCUT2D eigenvalue weighted by molar-refractivity contribution is 5.97. The van der Waals surface area contributed by atoms with Gasteiger partial charge in [0.1, 0.15) is 5.75 Å². The Hall–Kier alpha value is -4.18. The van der Waals surface area contributed by atoms with Crippen LogP contribution in [-0.2, 0) is 12.8 Å². The topological polar surface area (TPSA) is 62.2 Å². The first-order valence-electron chi connectivity index (χ1n) is 11.4. The van der Waals surface area contributed by atoms with Crippen LogP contribution in [0.2, 0.25) is 0 Å². The fraction of sp³-hybridized carbons (Fsp3) is 0.133. The molecule has 1 heterocycles. The molecule has 0 aliphatic heterocycles. The number of phenolic OH excluding ortho intramolecular Hbond substituents is 1. The van der Waals surface area contributed by atoms with Crippen LogP contribution in [0.5, 0.6) is 5.75 Å². The minimum absolute atomic E-state index is 0.109. The molecule has 4 nitrogen and oxygen atoms in total. The van der Waals surface area contributed by atoms with E-state index in [-0.39, 0.29) is 11.5 Å². The number of pyridine rings is 1. The normalized spacial score (nSPS) is 11.9. The van der Waals surface area contributed by atoms with Crippen molar-refractivity contribution < 1.29 is 9.90 Å². The van der Waals surface area contributed by atoms with Gasteiger partial charge in [-0.15, -0.1) is 0 Å². The van der Waals surface area contributed by atoms with Gasteiger partial charge in [0, 0.05) is 40.9 Å². The Labute approximate surface area is 199 Å². The van der Waals surface area contributed by atoms with Gasteiger partial charge in [-0.05, 0) is 55.3 Å². The van der Waals surface area contributed by atoms with Gasteiger partial charge < -0.3 is 10.4 Å². The lowest BCUT2D eigenvalue weighted by Gasteiger charge is -2.16. The van der Waals surface area contributed by atoms with Crippen molar-refractivity contribution >= 4 is 23.2 Å². The average molecular weight is 447 g/mol. The van der Waals surface area contributed by atoms with E-state index in [9.17, 15) is 9.90 Å². The quantitative estimate of drug-likeness (QED) is 0.319. The lowest BCUT2D eigenvalue weighted by atomic mass is 10.00. The maximum atomic E-state index is 12.8. The summed E-state index contributed by atoms with van der Waals surface area (Å²) in [5, 5.41) is 13.5. The van der Waals surface area contributed by atoms with E-state index in [2.05, 4.69) is 36.5 Å². The number of aromatic nitrogens is 1.